The van der Waals surface area contributed by atoms with Gasteiger partial charge in [0.2, 0.25) is 5.91 Å². The van der Waals surface area contributed by atoms with E-state index in [0.29, 0.717) is 10.8 Å². The number of nitro groups is 1. The van der Waals surface area contributed by atoms with Crippen LogP contribution in [0.3, 0.4) is 0 Å². The lowest BCUT2D eigenvalue weighted by Gasteiger charge is -2.01. The van der Waals surface area contributed by atoms with Gasteiger partial charge in [-0.05, 0) is 23.3 Å². The first-order valence-corrected chi connectivity index (χ1v) is 8.46. The van der Waals surface area contributed by atoms with Crippen LogP contribution in [-0.4, -0.2) is 22.8 Å². The van der Waals surface area contributed by atoms with Gasteiger partial charge in [-0.1, -0.05) is 35.9 Å². The predicted octanol–water partition coefficient (Wildman–Crippen LogP) is 3.63. The van der Waals surface area contributed by atoms with Crippen molar-refractivity contribution in [1.82, 2.24) is 5.43 Å². The Morgan fingerprint density at radius 3 is 2.71 bits per heavy atom. The molecule has 0 aliphatic heterocycles. The van der Waals surface area contributed by atoms with Gasteiger partial charge in [0.05, 0.1) is 16.9 Å². The molecule has 0 fully saturated rings. The number of nitrogens with one attached hydrogen (secondary N) is 1. The van der Waals surface area contributed by atoms with Crippen LogP contribution in [0.25, 0.3) is 0 Å². The van der Waals surface area contributed by atoms with Gasteiger partial charge in [-0.3, -0.25) is 14.9 Å². The predicted molar refractivity (Wildman–Crippen MR) is 96.4 cm³/mol. The summed E-state index contributed by atoms with van der Waals surface area (Å²) in [7, 11) is 0. The maximum Gasteiger partial charge on any atom is 0.269 e. The van der Waals surface area contributed by atoms with Crippen molar-refractivity contribution in [1.29, 1.82) is 0 Å². The number of benzene rings is 2. The van der Waals surface area contributed by atoms with Crippen molar-refractivity contribution in [2.45, 2.75) is 5.75 Å². The molecule has 2 aromatic rings. The Balaban J connectivity index is 1.72. The monoisotopic (exact) mass is 363 g/mol. The highest BCUT2D eigenvalue weighted by Crippen LogP contribution is 2.16. The first kappa shape index (κ1) is 18.0. The molecule has 1 amide bonds. The largest absolute Gasteiger partial charge is 0.272 e. The summed E-state index contributed by atoms with van der Waals surface area (Å²) in [5, 5.41) is 15.0. The summed E-state index contributed by atoms with van der Waals surface area (Å²) in [6.07, 6.45) is 1.52. The molecular formula is C16H14ClN3O3S. The minimum absolute atomic E-state index is 0.0526. The molecule has 6 nitrogen and oxygen atoms in total. The number of non-ortho nitro benzene ring substituents is 1. The van der Waals surface area contributed by atoms with Crippen LogP contribution in [0.1, 0.15) is 11.1 Å². The third kappa shape index (κ3) is 6.02. The van der Waals surface area contributed by atoms with Crippen LogP contribution in [0.2, 0.25) is 5.02 Å². The number of nitrogens with zero attached hydrogens (tertiary/aromatic N) is 2. The molecule has 0 radical (unpaired) electrons. The molecule has 0 saturated carbocycles. The fourth-order valence-electron chi connectivity index (χ4n) is 1.77. The van der Waals surface area contributed by atoms with Crippen molar-refractivity contribution in [3.05, 3.63) is 74.8 Å². The van der Waals surface area contributed by atoms with Gasteiger partial charge in [0.25, 0.3) is 5.69 Å². The van der Waals surface area contributed by atoms with Gasteiger partial charge in [-0.2, -0.15) is 5.10 Å². The zero-order valence-corrected chi connectivity index (χ0v) is 14.1. The van der Waals surface area contributed by atoms with E-state index in [9.17, 15) is 14.9 Å². The zero-order chi connectivity index (χ0) is 17.4. The fraction of sp³-hybridized carbons (Fsp3) is 0.125. The van der Waals surface area contributed by atoms with Crippen LogP contribution in [0, 0.1) is 10.1 Å². The Morgan fingerprint density at radius 1 is 1.29 bits per heavy atom. The number of hydrogen-bond acceptors (Lipinski definition) is 5. The summed E-state index contributed by atoms with van der Waals surface area (Å²) >= 11 is 7.25. The van der Waals surface area contributed by atoms with E-state index < -0.39 is 4.92 Å². The van der Waals surface area contributed by atoms with E-state index >= 15 is 0 Å². The third-order valence-corrected chi connectivity index (χ3v) is 4.14. The van der Waals surface area contributed by atoms with E-state index in [2.05, 4.69) is 10.5 Å². The van der Waals surface area contributed by atoms with Crippen molar-refractivity contribution in [2.24, 2.45) is 5.10 Å². The third-order valence-electron chi connectivity index (χ3n) is 2.90. The normalized spacial score (nSPS) is 10.7. The summed E-state index contributed by atoms with van der Waals surface area (Å²) in [6, 6.07) is 13.4. The van der Waals surface area contributed by atoms with Gasteiger partial charge in [-0.25, -0.2) is 5.43 Å². The summed E-state index contributed by atoms with van der Waals surface area (Å²) in [6.45, 7) is 0. The van der Waals surface area contributed by atoms with Crippen molar-refractivity contribution < 1.29 is 9.72 Å². The molecule has 0 aromatic heterocycles. The fourth-order valence-corrected chi connectivity index (χ4v) is 2.75. The molecule has 2 aromatic carbocycles. The minimum Gasteiger partial charge on any atom is -0.272 e. The first-order valence-electron chi connectivity index (χ1n) is 6.93. The van der Waals surface area contributed by atoms with E-state index in [1.54, 1.807) is 30.3 Å². The summed E-state index contributed by atoms with van der Waals surface area (Å²) < 4.78 is 0. The number of nitro benzene ring substituents is 1. The Hall–Kier alpha value is -2.38. The number of hydrogen-bond donors (Lipinski definition) is 1. The molecule has 0 heterocycles. The van der Waals surface area contributed by atoms with Gasteiger partial charge < -0.3 is 0 Å². The van der Waals surface area contributed by atoms with Gasteiger partial charge in [0, 0.05) is 22.9 Å². The Kier molecular flexibility index (Phi) is 6.77. The van der Waals surface area contributed by atoms with Crippen LogP contribution in [-0.2, 0) is 10.5 Å². The van der Waals surface area contributed by atoms with Gasteiger partial charge in [-0.15, -0.1) is 11.8 Å². The molecule has 1 N–H and O–H groups in total. The molecule has 0 unspecified atom stereocenters. The van der Waals surface area contributed by atoms with E-state index in [0.717, 1.165) is 11.1 Å². The highest BCUT2D eigenvalue weighted by molar-refractivity contribution is 7.99. The van der Waals surface area contributed by atoms with Gasteiger partial charge in [0.15, 0.2) is 0 Å². The van der Waals surface area contributed by atoms with Crippen molar-refractivity contribution in [2.75, 3.05) is 5.75 Å². The van der Waals surface area contributed by atoms with Gasteiger partial charge >= 0.3 is 0 Å². The maximum absolute atomic E-state index is 11.7. The van der Waals surface area contributed by atoms with Crippen LogP contribution in [0.4, 0.5) is 5.69 Å². The Labute approximate surface area is 148 Å². The molecule has 0 saturated heterocycles. The number of amides is 1. The molecule has 0 atom stereocenters. The van der Waals surface area contributed by atoms with Crippen LogP contribution >= 0.6 is 23.4 Å². The quantitative estimate of drug-likeness (QED) is 0.462. The molecule has 2 rings (SSSR count). The number of hydrazone groups is 1. The molecule has 0 bridgehead atoms. The zero-order valence-electron chi connectivity index (χ0n) is 12.5. The summed E-state index contributed by atoms with van der Waals surface area (Å²) in [5.41, 5.74) is 4.20. The smallest absolute Gasteiger partial charge is 0.269 e. The standard InChI is InChI=1S/C16H14ClN3O3S/c17-14-3-1-2-13(8-14)9-18-19-16(21)11-24-10-12-4-6-15(7-5-12)20(22)23/h1-9H,10-11H2,(H,19,21)/b18-9-. The van der Waals surface area contributed by atoms with E-state index in [1.165, 1.54) is 30.1 Å². The SMILES string of the molecule is O=C(CSCc1ccc([N+](=O)[O-])cc1)N/N=C\c1cccc(Cl)c1. The second-order valence-corrected chi connectivity index (χ2v) is 6.19. The van der Waals surface area contributed by atoms with E-state index in [4.69, 9.17) is 11.6 Å². The number of carbonyl (C=O) groups excluding carboxylic acids is 1. The van der Waals surface area contributed by atoms with Crippen molar-refractivity contribution in [3.8, 4) is 0 Å². The molecule has 124 valence electrons. The first-order chi connectivity index (χ1) is 11.5. The Morgan fingerprint density at radius 2 is 2.04 bits per heavy atom. The lowest BCUT2D eigenvalue weighted by molar-refractivity contribution is -0.384. The summed E-state index contributed by atoms with van der Waals surface area (Å²) in [5.74, 6) is 0.605. The highest BCUT2D eigenvalue weighted by atomic mass is 35.5. The molecular weight excluding hydrogens is 350 g/mol. The topological polar surface area (TPSA) is 84.6 Å². The van der Waals surface area contributed by atoms with Gasteiger partial charge in [0.1, 0.15) is 0 Å². The van der Waals surface area contributed by atoms with Crippen molar-refractivity contribution in [3.63, 3.8) is 0 Å². The average molecular weight is 364 g/mol. The number of halogens is 1. The second-order valence-electron chi connectivity index (χ2n) is 4.76. The summed E-state index contributed by atoms with van der Waals surface area (Å²) in [4.78, 5) is 21.8. The molecule has 8 heteroatoms. The lowest BCUT2D eigenvalue weighted by Crippen LogP contribution is -2.19. The van der Waals surface area contributed by atoms with E-state index in [-0.39, 0.29) is 17.3 Å². The van der Waals surface area contributed by atoms with Crippen LogP contribution < -0.4 is 5.43 Å². The highest BCUT2D eigenvalue weighted by Gasteiger charge is 2.05. The molecule has 0 aliphatic rings. The van der Waals surface area contributed by atoms with Crippen LogP contribution in [0.5, 0.6) is 0 Å². The number of carbonyl (C=O) groups is 1. The molecule has 0 spiro atoms. The Bertz CT molecular complexity index is 750. The molecule has 24 heavy (non-hydrogen) atoms. The maximum atomic E-state index is 11.7. The second kappa shape index (κ2) is 9.05. The molecule has 0 aliphatic carbocycles. The lowest BCUT2D eigenvalue weighted by atomic mass is 10.2. The average Bonchev–Trinajstić information content (AvgIpc) is 2.55. The van der Waals surface area contributed by atoms with Crippen LogP contribution in [0.15, 0.2) is 53.6 Å². The number of rotatable bonds is 7. The van der Waals surface area contributed by atoms with Crippen molar-refractivity contribution >= 4 is 41.2 Å². The minimum atomic E-state index is -0.442. The van der Waals surface area contributed by atoms with E-state index in [1.807, 2.05) is 6.07 Å². The number of thioether (sulfide) groups is 1.